The lowest BCUT2D eigenvalue weighted by molar-refractivity contribution is -0.137. The van der Waals surface area contributed by atoms with E-state index in [2.05, 4.69) is 15.5 Å². The lowest BCUT2D eigenvalue weighted by Crippen LogP contribution is -2.43. The minimum absolute atomic E-state index is 0.0643. The molecule has 7 nitrogen and oxygen atoms in total. The first-order valence-electron chi connectivity index (χ1n) is 16.3. The highest BCUT2D eigenvalue weighted by atomic mass is 19.4. The summed E-state index contributed by atoms with van der Waals surface area (Å²) in [5.74, 6) is 0.296. The average molecular weight is 647 g/mol. The molecule has 10 heteroatoms. The van der Waals surface area contributed by atoms with Crippen LogP contribution in [0.1, 0.15) is 66.6 Å². The third kappa shape index (κ3) is 7.45. The molecule has 3 N–H and O–H groups in total. The molecule has 1 aromatic heterocycles. The van der Waals surface area contributed by atoms with Gasteiger partial charge in [0.1, 0.15) is 5.75 Å². The van der Waals surface area contributed by atoms with Gasteiger partial charge in [-0.25, -0.2) is 4.98 Å². The molecule has 2 fully saturated rings. The molecule has 47 heavy (non-hydrogen) atoms. The first-order valence-corrected chi connectivity index (χ1v) is 16.3. The molecular weight excluding hydrogens is 605 g/mol. The maximum atomic E-state index is 14.7. The highest BCUT2D eigenvalue weighted by Gasteiger charge is 2.46. The molecular formula is C37H41F3N4O3. The monoisotopic (exact) mass is 646 g/mol. The number of nitrogens with one attached hydrogen (secondary N) is 2. The van der Waals surface area contributed by atoms with Crippen LogP contribution in [-0.2, 0) is 18.3 Å². The van der Waals surface area contributed by atoms with Gasteiger partial charge in [0.25, 0.3) is 5.91 Å². The minimum Gasteiger partial charge on any atom is -0.491 e. The van der Waals surface area contributed by atoms with Crippen LogP contribution in [0.3, 0.4) is 0 Å². The number of hydrogen-bond donors (Lipinski definition) is 3. The van der Waals surface area contributed by atoms with Crippen LogP contribution in [0.2, 0.25) is 0 Å². The number of aliphatic hydroxyl groups excluding tert-OH is 1. The van der Waals surface area contributed by atoms with Crippen molar-refractivity contribution in [3.05, 3.63) is 95.1 Å². The van der Waals surface area contributed by atoms with Crippen LogP contribution >= 0.6 is 0 Å². The van der Waals surface area contributed by atoms with Crippen molar-refractivity contribution in [3.8, 4) is 17.0 Å². The first kappa shape index (κ1) is 32.9. The highest BCUT2D eigenvalue weighted by Crippen LogP contribution is 2.46. The Hall–Kier alpha value is -3.99. The lowest BCUT2D eigenvalue weighted by Gasteiger charge is -2.33. The Morgan fingerprint density at radius 2 is 1.79 bits per heavy atom. The first-order chi connectivity index (χ1) is 22.6. The number of carbonyl (C=O) groups is 1. The number of fused-ring (bicyclic) bond motifs is 1. The summed E-state index contributed by atoms with van der Waals surface area (Å²) in [4.78, 5) is 21.8. The van der Waals surface area contributed by atoms with E-state index in [1.54, 1.807) is 18.2 Å². The van der Waals surface area contributed by atoms with Gasteiger partial charge in [-0.1, -0.05) is 42.5 Å². The van der Waals surface area contributed by atoms with Crippen molar-refractivity contribution in [1.82, 2.24) is 20.5 Å². The number of alkyl halides is 3. The Bertz CT molecular complexity index is 1720. The van der Waals surface area contributed by atoms with Gasteiger partial charge in [0.05, 0.1) is 40.6 Å². The van der Waals surface area contributed by atoms with Gasteiger partial charge >= 0.3 is 6.18 Å². The Labute approximate surface area is 273 Å². The molecule has 248 valence electrons. The highest BCUT2D eigenvalue weighted by molar-refractivity contribution is 6.09. The van der Waals surface area contributed by atoms with Crippen LogP contribution in [0.5, 0.6) is 5.75 Å². The molecule has 0 bridgehead atoms. The summed E-state index contributed by atoms with van der Waals surface area (Å²) in [7, 11) is 0. The Balaban J connectivity index is 1.50. The number of aromatic nitrogens is 1. The van der Waals surface area contributed by atoms with Gasteiger partial charge in [-0.05, 0) is 88.5 Å². The second kappa shape index (κ2) is 13.6. The molecule has 3 aromatic carbocycles. The maximum Gasteiger partial charge on any atom is 0.416 e. The van der Waals surface area contributed by atoms with E-state index in [9.17, 15) is 23.1 Å². The molecule has 1 aliphatic heterocycles. The van der Waals surface area contributed by atoms with Crippen LogP contribution in [0.4, 0.5) is 13.2 Å². The fourth-order valence-corrected chi connectivity index (χ4v) is 6.56. The fourth-order valence-electron chi connectivity index (χ4n) is 6.56. The third-order valence-corrected chi connectivity index (χ3v) is 9.06. The second-order valence-corrected chi connectivity index (χ2v) is 12.9. The quantitative estimate of drug-likeness (QED) is 0.169. The predicted molar refractivity (Wildman–Crippen MR) is 176 cm³/mol. The smallest absolute Gasteiger partial charge is 0.416 e. The van der Waals surface area contributed by atoms with Crippen LogP contribution in [0, 0.1) is 0 Å². The van der Waals surface area contributed by atoms with Gasteiger partial charge < -0.3 is 20.5 Å². The molecule has 0 spiro atoms. The van der Waals surface area contributed by atoms with Gasteiger partial charge in [0.2, 0.25) is 0 Å². The molecule has 1 saturated heterocycles. The number of halogens is 3. The number of piperidine rings is 1. The Morgan fingerprint density at radius 3 is 2.45 bits per heavy atom. The number of hydrogen-bond acceptors (Lipinski definition) is 6. The molecule has 4 aromatic rings. The summed E-state index contributed by atoms with van der Waals surface area (Å²) in [5, 5.41) is 16.5. The van der Waals surface area contributed by atoms with Crippen molar-refractivity contribution in [2.45, 2.75) is 69.9 Å². The zero-order valence-corrected chi connectivity index (χ0v) is 26.7. The largest absolute Gasteiger partial charge is 0.491 e. The van der Waals surface area contributed by atoms with Crippen LogP contribution in [0.25, 0.3) is 22.2 Å². The molecule has 2 heterocycles. The van der Waals surface area contributed by atoms with Crippen molar-refractivity contribution >= 4 is 16.8 Å². The number of pyridine rings is 1. The average Bonchev–Trinajstić information content (AvgIpc) is 3.84. The molecule has 1 saturated carbocycles. The van der Waals surface area contributed by atoms with Crippen molar-refractivity contribution in [2.75, 3.05) is 26.2 Å². The zero-order valence-electron chi connectivity index (χ0n) is 26.7. The fraction of sp³-hybridized carbons (Fsp3) is 0.405. The maximum absolute atomic E-state index is 14.7. The predicted octanol–water partition coefficient (Wildman–Crippen LogP) is 6.67. The SMILES string of the molecule is CC(C)Oc1ccc2nc(-c3cccc(C(F)(F)F)c3)c(CN3CCC(NCCO)CC3)c(C(=O)NC3(c4ccccc4)CC3)c2c1. The molecule has 0 unspecified atom stereocenters. The normalized spacial score (nSPS) is 16.8. The lowest BCUT2D eigenvalue weighted by atomic mass is 9.93. The van der Waals surface area contributed by atoms with Gasteiger partial charge in [0, 0.05) is 35.6 Å². The number of amides is 1. The molecule has 6 rings (SSSR count). The van der Waals surface area contributed by atoms with Gasteiger partial charge in [-0.2, -0.15) is 13.2 Å². The second-order valence-electron chi connectivity index (χ2n) is 12.9. The molecule has 2 aliphatic rings. The number of nitrogens with zero attached hydrogens (tertiary/aromatic N) is 2. The summed E-state index contributed by atoms with van der Waals surface area (Å²) >= 11 is 0. The number of carbonyl (C=O) groups excluding carboxylic acids is 1. The summed E-state index contributed by atoms with van der Waals surface area (Å²) < 4.78 is 47.8. The van der Waals surface area contributed by atoms with Gasteiger partial charge in [-0.3, -0.25) is 9.69 Å². The van der Waals surface area contributed by atoms with Crippen LogP contribution < -0.4 is 15.4 Å². The van der Waals surface area contributed by atoms with Crippen LogP contribution in [-0.4, -0.2) is 59.3 Å². The van der Waals surface area contributed by atoms with E-state index >= 15 is 0 Å². The molecule has 1 amide bonds. The summed E-state index contributed by atoms with van der Waals surface area (Å²) in [6.45, 7) is 6.20. The summed E-state index contributed by atoms with van der Waals surface area (Å²) in [6.07, 6.45) is -1.38. The number of ether oxygens (including phenoxy) is 1. The standard InChI is InChI=1S/C37H41F3N4O3/c1-24(2)47-29-11-12-32-30(22-29)33(35(46)43-36(15-16-36)26-8-4-3-5-9-26)31(23-44-18-13-28(14-19-44)41-17-20-45)34(42-32)25-7-6-10-27(21-25)37(38,39)40/h3-12,21-22,24,28,41,45H,13-20,23H2,1-2H3,(H,43,46). The molecule has 1 aliphatic carbocycles. The van der Waals surface area contributed by atoms with E-state index in [0.717, 1.165) is 43.4 Å². The zero-order chi connectivity index (χ0) is 33.2. The molecule has 0 atom stereocenters. The number of aliphatic hydroxyl groups is 1. The minimum atomic E-state index is -4.53. The third-order valence-electron chi connectivity index (χ3n) is 9.06. The van der Waals surface area contributed by atoms with Crippen molar-refractivity contribution in [2.24, 2.45) is 0 Å². The van der Waals surface area contributed by atoms with E-state index in [0.29, 0.717) is 65.2 Å². The Kier molecular flexibility index (Phi) is 9.55. The van der Waals surface area contributed by atoms with Gasteiger partial charge in [-0.15, -0.1) is 0 Å². The Morgan fingerprint density at radius 1 is 1.04 bits per heavy atom. The van der Waals surface area contributed by atoms with E-state index in [4.69, 9.17) is 9.72 Å². The number of likely N-dealkylation sites (tertiary alicyclic amines) is 1. The van der Waals surface area contributed by atoms with Crippen molar-refractivity contribution in [1.29, 1.82) is 0 Å². The number of rotatable bonds is 11. The van der Waals surface area contributed by atoms with E-state index in [1.807, 2.05) is 50.2 Å². The van der Waals surface area contributed by atoms with Crippen LogP contribution in [0.15, 0.2) is 72.8 Å². The van der Waals surface area contributed by atoms with Crippen molar-refractivity contribution < 1.29 is 27.8 Å². The van der Waals surface area contributed by atoms with Gasteiger partial charge in [0.15, 0.2) is 0 Å². The van der Waals surface area contributed by atoms with E-state index in [-0.39, 0.29) is 24.7 Å². The van der Waals surface area contributed by atoms with E-state index in [1.165, 1.54) is 6.07 Å². The van der Waals surface area contributed by atoms with Crippen molar-refractivity contribution in [3.63, 3.8) is 0 Å². The van der Waals surface area contributed by atoms with E-state index < -0.39 is 17.3 Å². The summed E-state index contributed by atoms with van der Waals surface area (Å²) in [6, 6.07) is 20.7. The number of benzene rings is 3. The molecule has 0 radical (unpaired) electrons. The topological polar surface area (TPSA) is 86.7 Å². The summed E-state index contributed by atoms with van der Waals surface area (Å²) in [5.41, 5.74) is 1.89.